The van der Waals surface area contributed by atoms with E-state index in [0.29, 0.717) is 16.6 Å². The van der Waals surface area contributed by atoms with Gasteiger partial charge in [-0.25, -0.2) is 0 Å². The Morgan fingerprint density at radius 2 is 2.07 bits per heavy atom. The smallest absolute Gasteiger partial charge is 0.191 e. The molecule has 0 spiro atoms. The Hall–Kier alpha value is -0.870. The van der Waals surface area contributed by atoms with E-state index in [1.807, 2.05) is 25.1 Å². The molecule has 1 atom stereocenters. The van der Waals surface area contributed by atoms with E-state index < -0.39 is 6.10 Å². The van der Waals surface area contributed by atoms with E-state index in [1.54, 1.807) is 17.4 Å². The molecule has 1 unspecified atom stereocenters. The standard InChI is InChI=1S/C21H29ClN4OS.HI/c1-2-23-21(24-13-20(27)18-5-3-4-6-19(18)22)25-17-7-10-26(11-8-17)14-16-9-12-28-15-16;/h3-6,9,12,15,17,20,27H,2,7-8,10-11,13-14H2,1H3,(H2,23,24,25);1H. The van der Waals surface area contributed by atoms with Crippen molar-refractivity contribution in [2.75, 3.05) is 26.2 Å². The lowest BCUT2D eigenvalue weighted by atomic mass is 10.0. The van der Waals surface area contributed by atoms with Gasteiger partial charge >= 0.3 is 0 Å². The summed E-state index contributed by atoms with van der Waals surface area (Å²) in [7, 11) is 0. The molecule has 1 aliphatic rings. The van der Waals surface area contributed by atoms with Crippen LogP contribution in [0.4, 0.5) is 0 Å². The van der Waals surface area contributed by atoms with Gasteiger partial charge in [0.1, 0.15) is 6.10 Å². The Kier molecular flexibility index (Phi) is 10.7. The van der Waals surface area contributed by atoms with Crippen LogP contribution in [0.2, 0.25) is 5.02 Å². The number of piperidine rings is 1. The molecule has 1 aliphatic heterocycles. The van der Waals surface area contributed by atoms with Crippen LogP contribution < -0.4 is 10.6 Å². The van der Waals surface area contributed by atoms with E-state index in [-0.39, 0.29) is 30.5 Å². The number of aliphatic hydroxyl groups is 1. The van der Waals surface area contributed by atoms with Gasteiger partial charge in [0, 0.05) is 42.8 Å². The number of aliphatic imine (C=N–C) groups is 1. The highest BCUT2D eigenvalue weighted by Gasteiger charge is 2.20. The molecule has 3 N–H and O–H groups in total. The Morgan fingerprint density at radius 3 is 2.72 bits per heavy atom. The van der Waals surface area contributed by atoms with Crippen molar-refractivity contribution in [3.63, 3.8) is 0 Å². The quantitative estimate of drug-likeness (QED) is 0.275. The molecular formula is C21H30ClIN4OS. The number of thiophene rings is 1. The summed E-state index contributed by atoms with van der Waals surface area (Å²) in [6, 6.07) is 9.96. The van der Waals surface area contributed by atoms with Crippen LogP contribution in [0.5, 0.6) is 0 Å². The number of benzene rings is 1. The number of aliphatic hydroxyl groups excluding tert-OH is 1. The summed E-state index contributed by atoms with van der Waals surface area (Å²) in [6.45, 7) is 6.30. The van der Waals surface area contributed by atoms with Gasteiger partial charge in [-0.2, -0.15) is 11.3 Å². The Balaban J connectivity index is 0.00000300. The highest BCUT2D eigenvalue weighted by atomic mass is 127. The summed E-state index contributed by atoms with van der Waals surface area (Å²) in [4.78, 5) is 7.08. The summed E-state index contributed by atoms with van der Waals surface area (Å²) in [5.74, 6) is 0.755. The van der Waals surface area contributed by atoms with Gasteiger partial charge < -0.3 is 15.7 Å². The highest BCUT2D eigenvalue weighted by molar-refractivity contribution is 14.0. The Bertz CT molecular complexity index is 751. The molecule has 0 radical (unpaired) electrons. The predicted octanol–water partition coefficient (Wildman–Crippen LogP) is 4.27. The van der Waals surface area contributed by atoms with Crippen LogP contribution in [0.25, 0.3) is 0 Å². The molecular weight excluding hydrogens is 519 g/mol. The Labute approximate surface area is 199 Å². The number of rotatable bonds is 7. The number of guanidine groups is 1. The van der Waals surface area contributed by atoms with E-state index in [9.17, 15) is 5.11 Å². The third-order valence-corrected chi connectivity index (χ3v) is 6.02. The van der Waals surface area contributed by atoms with Crippen molar-refractivity contribution >= 4 is 52.9 Å². The molecule has 1 aromatic heterocycles. The molecule has 1 aromatic carbocycles. The van der Waals surface area contributed by atoms with Crippen molar-refractivity contribution in [2.24, 2.45) is 4.99 Å². The minimum atomic E-state index is -0.711. The first-order chi connectivity index (χ1) is 13.7. The van der Waals surface area contributed by atoms with Crippen LogP contribution in [-0.4, -0.2) is 48.2 Å². The van der Waals surface area contributed by atoms with Gasteiger partial charge in [-0.3, -0.25) is 9.89 Å². The van der Waals surface area contributed by atoms with Crippen molar-refractivity contribution < 1.29 is 5.11 Å². The SMILES string of the molecule is CCNC(=NCC(O)c1ccccc1Cl)NC1CCN(Cc2ccsc2)CC1.I. The Morgan fingerprint density at radius 1 is 1.31 bits per heavy atom. The van der Waals surface area contributed by atoms with Crippen molar-refractivity contribution in [2.45, 2.75) is 38.5 Å². The lowest BCUT2D eigenvalue weighted by molar-refractivity contribution is 0.186. The molecule has 0 aliphatic carbocycles. The fourth-order valence-electron chi connectivity index (χ4n) is 3.41. The summed E-state index contributed by atoms with van der Waals surface area (Å²) >= 11 is 7.93. The zero-order chi connectivity index (χ0) is 19.8. The van der Waals surface area contributed by atoms with Gasteiger partial charge in [0.15, 0.2) is 5.96 Å². The predicted molar refractivity (Wildman–Crippen MR) is 134 cm³/mol. The fraction of sp³-hybridized carbons (Fsp3) is 0.476. The summed E-state index contributed by atoms with van der Waals surface area (Å²) < 4.78 is 0. The van der Waals surface area contributed by atoms with Crippen molar-refractivity contribution in [3.05, 3.63) is 57.2 Å². The van der Waals surface area contributed by atoms with E-state index in [4.69, 9.17) is 11.6 Å². The maximum Gasteiger partial charge on any atom is 0.191 e. The van der Waals surface area contributed by atoms with E-state index >= 15 is 0 Å². The van der Waals surface area contributed by atoms with Gasteiger partial charge in [-0.15, -0.1) is 24.0 Å². The fourth-order valence-corrected chi connectivity index (χ4v) is 4.33. The molecule has 8 heteroatoms. The number of nitrogens with one attached hydrogen (secondary N) is 2. The van der Waals surface area contributed by atoms with E-state index in [2.05, 4.69) is 37.4 Å². The average Bonchev–Trinajstić information content (AvgIpc) is 3.21. The molecule has 0 amide bonds. The van der Waals surface area contributed by atoms with Crippen molar-refractivity contribution in [1.82, 2.24) is 15.5 Å². The second-order valence-electron chi connectivity index (χ2n) is 7.08. The molecule has 1 saturated heterocycles. The number of hydrogen-bond donors (Lipinski definition) is 3. The van der Waals surface area contributed by atoms with E-state index in [0.717, 1.165) is 45.0 Å². The third kappa shape index (κ3) is 7.71. The molecule has 2 heterocycles. The van der Waals surface area contributed by atoms with Gasteiger partial charge in [0.2, 0.25) is 0 Å². The van der Waals surface area contributed by atoms with Crippen molar-refractivity contribution in [1.29, 1.82) is 0 Å². The zero-order valence-electron chi connectivity index (χ0n) is 16.7. The van der Waals surface area contributed by atoms with Crippen LogP contribution in [0.3, 0.4) is 0 Å². The normalized spacial score (nSPS) is 16.9. The topological polar surface area (TPSA) is 59.9 Å². The first-order valence-electron chi connectivity index (χ1n) is 9.86. The third-order valence-electron chi connectivity index (χ3n) is 4.95. The second kappa shape index (κ2) is 12.7. The maximum atomic E-state index is 10.4. The summed E-state index contributed by atoms with van der Waals surface area (Å²) in [6.07, 6.45) is 1.46. The minimum Gasteiger partial charge on any atom is -0.386 e. The monoisotopic (exact) mass is 548 g/mol. The van der Waals surface area contributed by atoms with Gasteiger partial charge in [-0.1, -0.05) is 29.8 Å². The number of likely N-dealkylation sites (tertiary alicyclic amines) is 1. The van der Waals surface area contributed by atoms with Gasteiger partial charge in [-0.05, 0) is 48.2 Å². The molecule has 29 heavy (non-hydrogen) atoms. The van der Waals surface area contributed by atoms with Crippen LogP contribution in [-0.2, 0) is 6.54 Å². The summed E-state index contributed by atoms with van der Waals surface area (Å²) in [5.41, 5.74) is 2.12. The number of halogens is 2. The van der Waals surface area contributed by atoms with Gasteiger partial charge in [0.25, 0.3) is 0 Å². The molecule has 1 fully saturated rings. The largest absolute Gasteiger partial charge is 0.386 e. The first kappa shape index (κ1) is 24.4. The lowest BCUT2D eigenvalue weighted by Gasteiger charge is -2.33. The van der Waals surface area contributed by atoms with Crippen molar-refractivity contribution in [3.8, 4) is 0 Å². The zero-order valence-corrected chi connectivity index (χ0v) is 20.6. The molecule has 160 valence electrons. The van der Waals surface area contributed by atoms with E-state index in [1.165, 1.54) is 5.56 Å². The van der Waals surface area contributed by atoms with Gasteiger partial charge in [0.05, 0.1) is 6.54 Å². The van der Waals surface area contributed by atoms with Crippen LogP contribution in [0.15, 0.2) is 46.1 Å². The lowest BCUT2D eigenvalue weighted by Crippen LogP contribution is -2.48. The average molecular weight is 549 g/mol. The van der Waals surface area contributed by atoms with Crippen LogP contribution >= 0.6 is 46.9 Å². The molecule has 5 nitrogen and oxygen atoms in total. The van der Waals surface area contributed by atoms with Crippen LogP contribution in [0.1, 0.15) is 37.0 Å². The summed E-state index contributed by atoms with van der Waals surface area (Å²) in [5, 5.41) is 22.2. The number of nitrogens with zero attached hydrogens (tertiary/aromatic N) is 2. The maximum absolute atomic E-state index is 10.4. The van der Waals surface area contributed by atoms with Crippen LogP contribution in [0, 0.1) is 0 Å². The molecule has 3 rings (SSSR count). The first-order valence-corrected chi connectivity index (χ1v) is 11.2. The number of hydrogen-bond acceptors (Lipinski definition) is 4. The highest BCUT2D eigenvalue weighted by Crippen LogP contribution is 2.22. The molecule has 0 bridgehead atoms. The minimum absolute atomic E-state index is 0. The molecule has 2 aromatic rings. The second-order valence-corrected chi connectivity index (χ2v) is 8.27. The molecule has 0 saturated carbocycles.